The summed E-state index contributed by atoms with van der Waals surface area (Å²) in [6.07, 6.45) is 2.38. The Morgan fingerprint density at radius 2 is 2.19 bits per heavy atom. The van der Waals surface area contributed by atoms with E-state index in [9.17, 15) is 8.42 Å². The largest absolute Gasteiger partial charge is 0.371 e. The van der Waals surface area contributed by atoms with Crippen LogP contribution in [0.15, 0.2) is 16.6 Å². The zero-order chi connectivity index (χ0) is 15.0. The molecule has 0 saturated heterocycles. The smallest absolute Gasteiger partial charge is 0.283 e. The van der Waals surface area contributed by atoms with E-state index in [4.69, 9.17) is 0 Å². The van der Waals surface area contributed by atoms with Gasteiger partial charge in [0.05, 0.1) is 0 Å². The molecule has 3 aromatic rings. The minimum atomic E-state index is -3.80. The third kappa shape index (κ3) is 2.47. The molecule has 2 N–H and O–H groups in total. The first-order valence-electron chi connectivity index (χ1n) is 6.03. The highest BCUT2D eigenvalue weighted by Crippen LogP contribution is 2.27. The molecule has 0 atom stereocenters. The molecule has 0 aliphatic heterocycles. The van der Waals surface area contributed by atoms with Gasteiger partial charge in [-0.05, 0) is 6.42 Å². The average molecular weight is 344 g/mol. The second kappa shape index (κ2) is 5.24. The summed E-state index contributed by atoms with van der Waals surface area (Å²) >= 11 is 2.58. The number of fused-ring (bicyclic) bond motifs is 1. The fourth-order valence-electron chi connectivity index (χ4n) is 1.79. The molecule has 0 bridgehead atoms. The Hall–Kier alpha value is -1.72. The number of rotatable bonds is 5. The Morgan fingerprint density at radius 3 is 2.86 bits per heavy atom. The number of aryl methyl sites for hydroxylation is 1. The van der Waals surface area contributed by atoms with Crippen molar-refractivity contribution in [3.8, 4) is 0 Å². The van der Waals surface area contributed by atoms with Crippen molar-refractivity contribution in [2.75, 3.05) is 17.1 Å². The van der Waals surface area contributed by atoms with E-state index in [1.807, 2.05) is 6.92 Å². The van der Waals surface area contributed by atoms with Crippen molar-refractivity contribution < 1.29 is 8.42 Å². The predicted octanol–water partition coefficient (Wildman–Crippen LogP) is 1.65. The molecule has 0 spiro atoms. The molecule has 0 aromatic carbocycles. The number of nitrogens with zero attached hydrogens (tertiary/aromatic N) is 4. The lowest BCUT2D eigenvalue weighted by Crippen LogP contribution is -2.16. The standard InChI is InChI=1S/C10H12N6O2S3/c1-3-6-13-14-9(20-6)15-21(17,18)8-7(11-2)12-10-16(8)4-5-19-10/h4-5,11H,3H2,1-2H3,(H,14,15). The Kier molecular flexibility index (Phi) is 3.55. The van der Waals surface area contributed by atoms with E-state index in [1.165, 1.54) is 27.1 Å². The van der Waals surface area contributed by atoms with Crippen molar-refractivity contribution >= 4 is 48.6 Å². The van der Waals surface area contributed by atoms with Gasteiger partial charge in [-0.15, -0.1) is 21.5 Å². The second-order valence-corrected chi connectivity index (χ2v) is 7.56. The van der Waals surface area contributed by atoms with E-state index in [0.29, 0.717) is 17.2 Å². The van der Waals surface area contributed by atoms with Crippen molar-refractivity contribution in [3.63, 3.8) is 0 Å². The van der Waals surface area contributed by atoms with Gasteiger partial charge in [0.1, 0.15) is 5.01 Å². The molecule has 0 aliphatic rings. The molecule has 3 rings (SSSR count). The summed E-state index contributed by atoms with van der Waals surface area (Å²) in [7, 11) is -2.17. The first kappa shape index (κ1) is 14.2. The molecule has 0 fully saturated rings. The number of thiazole rings is 1. The van der Waals surface area contributed by atoms with Crippen LogP contribution >= 0.6 is 22.7 Å². The maximum atomic E-state index is 12.6. The van der Waals surface area contributed by atoms with Crippen molar-refractivity contribution in [3.05, 3.63) is 16.6 Å². The van der Waals surface area contributed by atoms with Crippen molar-refractivity contribution in [1.82, 2.24) is 19.6 Å². The van der Waals surface area contributed by atoms with Gasteiger partial charge in [0.15, 0.2) is 10.8 Å². The highest BCUT2D eigenvalue weighted by Gasteiger charge is 2.26. The molecule has 112 valence electrons. The summed E-state index contributed by atoms with van der Waals surface area (Å²) in [4.78, 5) is 4.84. The summed E-state index contributed by atoms with van der Waals surface area (Å²) in [6, 6.07) is 0. The average Bonchev–Trinajstić information content (AvgIpc) is 3.11. The van der Waals surface area contributed by atoms with Gasteiger partial charge in [0.25, 0.3) is 10.0 Å². The maximum Gasteiger partial charge on any atom is 0.283 e. The fraction of sp³-hybridized carbons (Fsp3) is 0.300. The quantitative estimate of drug-likeness (QED) is 0.730. The van der Waals surface area contributed by atoms with E-state index >= 15 is 0 Å². The Morgan fingerprint density at radius 1 is 1.38 bits per heavy atom. The molecule has 0 amide bonds. The lowest BCUT2D eigenvalue weighted by Gasteiger charge is -2.05. The maximum absolute atomic E-state index is 12.6. The predicted molar refractivity (Wildman–Crippen MR) is 82.7 cm³/mol. The minimum absolute atomic E-state index is 0.0644. The summed E-state index contributed by atoms with van der Waals surface area (Å²) in [5.74, 6) is 0.301. The summed E-state index contributed by atoms with van der Waals surface area (Å²) in [5, 5.41) is 13.4. The van der Waals surface area contributed by atoms with Gasteiger partial charge in [-0.2, -0.15) is 8.42 Å². The number of nitrogens with one attached hydrogen (secondary N) is 2. The molecule has 0 aliphatic carbocycles. The summed E-state index contributed by atoms with van der Waals surface area (Å²) in [5.41, 5.74) is 0. The molecule has 3 aromatic heterocycles. The number of aromatic nitrogens is 4. The van der Waals surface area contributed by atoms with Crippen LogP contribution in [0, 0.1) is 0 Å². The Labute approximate surface area is 128 Å². The van der Waals surface area contributed by atoms with E-state index in [-0.39, 0.29) is 10.2 Å². The van der Waals surface area contributed by atoms with Crippen molar-refractivity contribution in [2.24, 2.45) is 0 Å². The first-order valence-corrected chi connectivity index (χ1v) is 9.21. The normalized spacial score (nSPS) is 11.9. The van der Waals surface area contributed by atoms with Crippen LogP contribution in [0.4, 0.5) is 10.9 Å². The van der Waals surface area contributed by atoms with E-state index < -0.39 is 10.0 Å². The van der Waals surface area contributed by atoms with Gasteiger partial charge in [0.2, 0.25) is 10.2 Å². The van der Waals surface area contributed by atoms with Crippen LogP contribution in [-0.2, 0) is 16.4 Å². The fourth-order valence-corrected chi connectivity index (χ4v) is 4.76. The molecule has 0 unspecified atom stereocenters. The number of hydrogen-bond donors (Lipinski definition) is 2. The topological polar surface area (TPSA) is 101 Å². The second-order valence-electron chi connectivity index (χ2n) is 4.03. The van der Waals surface area contributed by atoms with Crippen LogP contribution in [0.25, 0.3) is 4.96 Å². The number of imidazole rings is 1. The molecule has 21 heavy (non-hydrogen) atoms. The molecule has 0 saturated carbocycles. The van der Waals surface area contributed by atoms with Crippen LogP contribution in [0.3, 0.4) is 0 Å². The third-order valence-corrected chi connectivity index (χ3v) is 5.93. The highest BCUT2D eigenvalue weighted by molar-refractivity contribution is 7.93. The van der Waals surface area contributed by atoms with E-state index in [2.05, 4.69) is 25.2 Å². The monoisotopic (exact) mass is 344 g/mol. The number of sulfonamides is 1. The van der Waals surface area contributed by atoms with Gasteiger partial charge < -0.3 is 5.32 Å². The molecule has 11 heteroatoms. The molecule has 0 radical (unpaired) electrons. The Bertz CT molecular complexity index is 878. The highest BCUT2D eigenvalue weighted by atomic mass is 32.2. The Balaban J connectivity index is 2.05. The van der Waals surface area contributed by atoms with E-state index in [0.717, 1.165) is 5.01 Å². The van der Waals surface area contributed by atoms with Crippen molar-refractivity contribution in [2.45, 2.75) is 18.4 Å². The molecule has 8 nitrogen and oxygen atoms in total. The molecule has 3 heterocycles. The van der Waals surface area contributed by atoms with Crippen LogP contribution in [0.1, 0.15) is 11.9 Å². The van der Waals surface area contributed by atoms with Crippen LogP contribution < -0.4 is 10.0 Å². The molecular weight excluding hydrogens is 332 g/mol. The lowest BCUT2D eigenvalue weighted by molar-refractivity contribution is 0.597. The van der Waals surface area contributed by atoms with Crippen LogP contribution in [-0.4, -0.2) is 35.0 Å². The van der Waals surface area contributed by atoms with Gasteiger partial charge in [-0.3, -0.25) is 9.12 Å². The van der Waals surface area contributed by atoms with Gasteiger partial charge in [-0.1, -0.05) is 18.3 Å². The third-order valence-electron chi connectivity index (χ3n) is 2.70. The van der Waals surface area contributed by atoms with Gasteiger partial charge in [-0.25, -0.2) is 4.98 Å². The SMILES string of the molecule is CCc1nnc(NS(=O)(=O)c2c(NC)nc3sccn23)s1. The zero-order valence-electron chi connectivity index (χ0n) is 11.2. The molecular formula is C10H12N6O2S3. The number of anilines is 2. The van der Waals surface area contributed by atoms with Gasteiger partial charge >= 0.3 is 0 Å². The van der Waals surface area contributed by atoms with E-state index in [1.54, 1.807) is 18.6 Å². The zero-order valence-corrected chi connectivity index (χ0v) is 13.6. The minimum Gasteiger partial charge on any atom is -0.371 e. The van der Waals surface area contributed by atoms with Crippen molar-refractivity contribution in [1.29, 1.82) is 0 Å². The van der Waals surface area contributed by atoms with Crippen LogP contribution in [0.2, 0.25) is 0 Å². The summed E-state index contributed by atoms with van der Waals surface area (Å²) < 4.78 is 29.1. The van der Waals surface area contributed by atoms with Gasteiger partial charge in [0, 0.05) is 18.6 Å². The number of hydrogen-bond acceptors (Lipinski definition) is 8. The summed E-state index contributed by atoms with van der Waals surface area (Å²) in [6.45, 7) is 1.93. The van der Waals surface area contributed by atoms with Crippen LogP contribution in [0.5, 0.6) is 0 Å². The first-order chi connectivity index (χ1) is 10.0. The lowest BCUT2D eigenvalue weighted by atomic mass is 10.5.